The zero-order chi connectivity index (χ0) is 21.1. The molecule has 1 saturated carbocycles. The van der Waals surface area contributed by atoms with Crippen molar-refractivity contribution in [1.82, 2.24) is 15.5 Å². The number of hydrogen-bond donors (Lipinski definition) is 2. The Bertz CT molecular complexity index is 513. The van der Waals surface area contributed by atoms with Crippen molar-refractivity contribution in [2.45, 2.75) is 83.6 Å². The zero-order valence-electron chi connectivity index (χ0n) is 19.5. The molecule has 2 rings (SSSR count). The van der Waals surface area contributed by atoms with Gasteiger partial charge in [0, 0.05) is 53.5 Å². The fraction of sp³-hybridized carbons (Fsp3) is 0.955. The molecule has 8 heteroatoms. The van der Waals surface area contributed by atoms with Crippen LogP contribution >= 0.6 is 24.0 Å². The van der Waals surface area contributed by atoms with Crippen molar-refractivity contribution in [2.24, 2.45) is 10.9 Å². The van der Waals surface area contributed by atoms with E-state index in [1.165, 1.54) is 12.8 Å². The number of ether oxygens (including phenoxy) is 1. The topological polar surface area (TPSA) is 66.0 Å². The molecule has 178 valence electrons. The Morgan fingerprint density at radius 3 is 2.47 bits per heavy atom. The quantitative estimate of drug-likeness (QED) is 0.246. The molecule has 2 aliphatic rings. The number of morpholine rings is 1. The smallest absolute Gasteiger partial charge is 0.191 e. The fourth-order valence-corrected chi connectivity index (χ4v) is 6.10. The van der Waals surface area contributed by atoms with Gasteiger partial charge in [-0.1, -0.05) is 40.0 Å². The SMILES string of the molecule is CCNC(=NCC(C(CC)CC)N1CCOCC1)NC1CCCC(S(=O)CC)C1.I. The third kappa shape index (κ3) is 8.90. The fourth-order valence-electron chi connectivity index (χ4n) is 4.75. The van der Waals surface area contributed by atoms with Crippen LogP contribution in [-0.2, 0) is 15.5 Å². The summed E-state index contributed by atoms with van der Waals surface area (Å²) in [6, 6.07) is 0.841. The molecule has 0 aromatic rings. The molecule has 0 radical (unpaired) electrons. The van der Waals surface area contributed by atoms with Gasteiger partial charge >= 0.3 is 0 Å². The number of halogens is 1. The van der Waals surface area contributed by atoms with Crippen molar-refractivity contribution >= 4 is 40.7 Å². The average molecular weight is 557 g/mol. The molecule has 0 spiro atoms. The summed E-state index contributed by atoms with van der Waals surface area (Å²) in [7, 11) is -0.695. The molecule has 2 N–H and O–H groups in total. The lowest BCUT2D eigenvalue weighted by atomic mass is 9.92. The number of nitrogens with zero attached hydrogens (tertiary/aromatic N) is 2. The molecular weight excluding hydrogens is 511 g/mol. The molecule has 1 aliphatic heterocycles. The van der Waals surface area contributed by atoms with Crippen LogP contribution in [0.2, 0.25) is 0 Å². The monoisotopic (exact) mass is 556 g/mol. The Kier molecular flexibility index (Phi) is 14.8. The minimum atomic E-state index is -0.695. The van der Waals surface area contributed by atoms with E-state index in [0.29, 0.717) is 23.3 Å². The van der Waals surface area contributed by atoms with E-state index in [0.717, 1.165) is 76.8 Å². The van der Waals surface area contributed by atoms with E-state index in [1.54, 1.807) is 0 Å². The largest absolute Gasteiger partial charge is 0.379 e. The van der Waals surface area contributed by atoms with E-state index >= 15 is 0 Å². The average Bonchev–Trinajstić information content (AvgIpc) is 2.76. The number of aliphatic imine (C=N–C) groups is 1. The molecule has 1 saturated heterocycles. The van der Waals surface area contributed by atoms with Crippen LogP contribution in [0.3, 0.4) is 0 Å². The Labute approximate surface area is 204 Å². The maximum Gasteiger partial charge on any atom is 0.191 e. The second-order valence-corrected chi connectivity index (χ2v) is 10.3. The first-order valence-electron chi connectivity index (χ1n) is 11.9. The molecule has 0 bridgehead atoms. The van der Waals surface area contributed by atoms with Gasteiger partial charge in [-0.05, 0) is 32.1 Å². The Morgan fingerprint density at radius 1 is 1.17 bits per heavy atom. The molecule has 4 atom stereocenters. The summed E-state index contributed by atoms with van der Waals surface area (Å²) in [5, 5.41) is 7.43. The lowest BCUT2D eigenvalue weighted by molar-refractivity contribution is 0.00395. The summed E-state index contributed by atoms with van der Waals surface area (Å²) in [6.07, 6.45) is 6.75. The zero-order valence-corrected chi connectivity index (χ0v) is 22.7. The molecule has 6 nitrogen and oxygen atoms in total. The molecule has 0 aromatic heterocycles. The minimum Gasteiger partial charge on any atom is -0.379 e. The lowest BCUT2D eigenvalue weighted by Gasteiger charge is -2.38. The van der Waals surface area contributed by atoms with Crippen molar-refractivity contribution < 1.29 is 8.95 Å². The van der Waals surface area contributed by atoms with Crippen molar-refractivity contribution in [3.8, 4) is 0 Å². The summed E-state index contributed by atoms with van der Waals surface area (Å²) in [5.41, 5.74) is 0. The second kappa shape index (κ2) is 15.8. The molecule has 0 amide bonds. The van der Waals surface area contributed by atoms with E-state index in [1.807, 2.05) is 6.92 Å². The van der Waals surface area contributed by atoms with Crippen molar-refractivity contribution in [3.05, 3.63) is 0 Å². The van der Waals surface area contributed by atoms with Crippen molar-refractivity contribution in [3.63, 3.8) is 0 Å². The van der Waals surface area contributed by atoms with Gasteiger partial charge in [0.1, 0.15) is 0 Å². The number of nitrogens with one attached hydrogen (secondary N) is 2. The maximum atomic E-state index is 12.3. The summed E-state index contributed by atoms with van der Waals surface area (Å²) in [5.74, 6) is 2.35. The molecule has 0 aromatic carbocycles. The predicted molar refractivity (Wildman–Crippen MR) is 140 cm³/mol. The van der Waals surface area contributed by atoms with Crippen LogP contribution < -0.4 is 10.6 Å². The molecule has 30 heavy (non-hydrogen) atoms. The normalized spacial score (nSPS) is 25.4. The van der Waals surface area contributed by atoms with Gasteiger partial charge in [-0.3, -0.25) is 14.1 Å². The highest BCUT2D eigenvalue weighted by Gasteiger charge is 2.28. The van der Waals surface area contributed by atoms with Crippen LogP contribution in [0.1, 0.15) is 66.2 Å². The Hall–Kier alpha value is 0.0700. The third-order valence-electron chi connectivity index (χ3n) is 6.51. The van der Waals surface area contributed by atoms with Crippen LogP contribution in [0.15, 0.2) is 4.99 Å². The van der Waals surface area contributed by atoms with Crippen LogP contribution in [0.5, 0.6) is 0 Å². The van der Waals surface area contributed by atoms with Gasteiger partial charge in [-0.25, -0.2) is 0 Å². The lowest BCUT2D eigenvalue weighted by Crippen LogP contribution is -2.50. The molecular formula is C22H45IN4O2S. The predicted octanol–water partition coefficient (Wildman–Crippen LogP) is 3.38. The van der Waals surface area contributed by atoms with Gasteiger partial charge in [-0.2, -0.15) is 0 Å². The van der Waals surface area contributed by atoms with Crippen LogP contribution in [0.4, 0.5) is 0 Å². The minimum absolute atomic E-state index is 0. The first-order valence-corrected chi connectivity index (χ1v) is 13.2. The van der Waals surface area contributed by atoms with Gasteiger partial charge in [0.2, 0.25) is 0 Å². The van der Waals surface area contributed by atoms with E-state index in [4.69, 9.17) is 9.73 Å². The molecule has 2 fully saturated rings. The van der Waals surface area contributed by atoms with Crippen LogP contribution in [0, 0.1) is 5.92 Å². The Balaban J connectivity index is 0.00000450. The van der Waals surface area contributed by atoms with Gasteiger partial charge in [0.25, 0.3) is 0 Å². The third-order valence-corrected chi connectivity index (χ3v) is 8.25. The summed E-state index contributed by atoms with van der Waals surface area (Å²) in [4.78, 5) is 7.60. The van der Waals surface area contributed by atoms with Crippen LogP contribution in [0.25, 0.3) is 0 Å². The first kappa shape index (κ1) is 28.1. The van der Waals surface area contributed by atoms with Crippen molar-refractivity contribution in [1.29, 1.82) is 0 Å². The highest BCUT2D eigenvalue weighted by Crippen LogP contribution is 2.23. The number of guanidine groups is 1. The highest BCUT2D eigenvalue weighted by atomic mass is 127. The van der Waals surface area contributed by atoms with E-state index in [2.05, 4.69) is 36.3 Å². The number of hydrogen-bond acceptors (Lipinski definition) is 4. The maximum absolute atomic E-state index is 12.3. The first-order chi connectivity index (χ1) is 14.1. The van der Waals surface area contributed by atoms with E-state index in [9.17, 15) is 4.21 Å². The van der Waals surface area contributed by atoms with Gasteiger partial charge in [-0.15, -0.1) is 24.0 Å². The molecule has 1 aliphatic carbocycles. The highest BCUT2D eigenvalue weighted by molar-refractivity contribution is 14.0. The molecule has 4 unspecified atom stereocenters. The summed E-state index contributed by atoms with van der Waals surface area (Å²) < 4.78 is 17.8. The summed E-state index contributed by atoms with van der Waals surface area (Å²) in [6.45, 7) is 14.1. The van der Waals surface area contributed by atoms with E-state index in [-0.39, 0.29) is 24.0 Å². The summed E-state index contributed by atoms with van der Waals surface area (Å²) >= 11 is 0. The standard InChI is InChI=1S/C22H44N4O2S.HI/c1-5-18(6-2)21(26-12-14-28-15-13-26)17-24-22(23-7-3)25-19-10-9-11-20(16-19)29(27)8-4;/h18-21H,5-17H2,1-4H3,(H2,23,24,25);1H. The van der Waals surface area contributed by atoms with E-state index < -0.39 is 10.8 Å². The number of rotatable bonds is 10. The van der Waals surface area contributed by atoms with Crippen molar-refractivity contribution in [2.75, 3.05) is 45.1 Å². The Morgan fingerprint density at radius 2 is 1.87 bits per heavy atom. The van der Waals surface area contributed by atoms with Gasteiger partial charge in [0.15, 0.2) is 5.96 Å². The van der Waals surface area contributed by atoms with Gasteiger partial charge < -0.3 is 15.4 Å². The second-order valence-electron chi connectivity index (χ2n) is 8.31. The molecule has 1 heterocycles. The van der Waals surface area contributed by atoms with Crippen LogP contribution in [-0.4, -0.2) is 77.5 Å². The van der Waals surface area contributed by atoms with Gasteiger partial charge in [0.05, 0.1) is 19.8 Å².